The van der Waals surface area contributed by atoms with E-state index in [2.05, 4.69) is 6.58 Å². The van der Waals surface area contributed by atoms with Crippen LogP contribution in [-0.4, -0.2) is 33.6 Å². The van der Waals surface area contributed by atoms with E-state index in [-0.39, 0.29) is 5.03 Å². The summed E-state index contributed by atoms with van der Waals surface area (Å²) in [7, 11) is 0. The lowest BCUT2D eigenvalue weighted by Crippen LogP contribution is -2.59. The highest BCUT2D eigenvalue weighted by Crippen LogP contribution is 2.19. The van der Waals surface area contributed by atoms with Crippen molar-refractivity contribution in [3.8, 4) is 0 Å². The number of carbonyl (C=O) groups is 3. The van der Waals surface area contributed by atoms with Gasteiger partial charge in [0.15, 0.2) is 0 Å². The van der Waals surface area contributed by atoms with Gasteiger partial charge in [-0.15, -0.1) is 0 Å². The maximum Gasteiger partial charge on any atom is 0.341 e. The summed E-state index contributed by atoms with van der Waals surface area (Å²) in [6.07, 6.45) is -0.585. The molecule has 0 atom stereocenters. The van der Waals surface area contributed by atoms with Crippen LogP contribution in [0.3, 0.4) is 0 Å². The van der Waals surface area contributed by atoms with Gasteiger partial charge < -0.3 is 15.5 Å². The maximum absolute atomic E-state index is 10.8. The third kappa shape index (κ3) is 3.25. The summed E-state index contributed by atoms with van der Waals surface area (Å²) in [6, 6.07) is 0. The van der Waals surface area contributed by atoms with Gasteiger partial charge in [0, 0.05) is 18.4 Å². The molecule has 0 radical (unpaired) electrons. The molecule has 15 heavy (non-hydrogen) atoms. The van der Waals surface area contributed by atoms with Crippen molar-refractivity contribution in [3.63, 3.8) is 0 Å². The topological polar surface area (TPSA) is 104 Å². The van der Waals surface area contributed by atoms with Crippen molar-refractivity contribution >= 4 is 29.4 Å². The zero-order valence-electron chi connectivity index (χ0n) is 7.91. The van der Waals surface area contributed by atoms with E-state index in [1.165, 1.54) is 0 Å². The third-order valence-corrected chi connectivity index (χ3v) is 1.71. The van der Waals surface area contributed by atoms with Crippen LogP contribution in [0.1, 0.15) is 13.3 Å². The summed E-state index contributed by atoms with van der Waals surface area (Å²) in [5.41, 5.74) is -2.45. The van der Waals surface area contributed by atoms with Gasteiger partial charge in [-0.25, -0.2) is 9.59 Å². The lowest BCUT2D eigenvalue weighted by molar-refractivity contribution is -0.161. The molecule has 0 rings (SSSR count). The van der Waals surface area contributed by atoms with Crippen LogP contribution in [0.25, 0.3) is 0 Å². The number of carboxylic acid groups (broad SMARTS) is 2. The summed E-state index contributed by atoms with van der Waals surface area (Å²) < 4.78 is 0. The highest BCUT2D eigenvalue weighted by atomic mass is 35.5. The SMILES string of the molecule is C=C(Cl)CC(NC(C)=O)(C(=O)O)C(=O)O. The Labute approximate surface area is 90.5 Å². The third-order valence-electron chi connectivity index (χ3n) is 1.58. The second-order valence-electron chi connectivity index (χ2n) is 2.89. The van der Waals surface area contributed by atoms with Crippen LogP contribution in [0, 0.1) is 0 Å². The number of hydrogen-bond donors (Lipinski definition) is 3. The Morgan fingerprint density at radius 3 is 1.93 bits per heavy atom. The van der Waals surface area contributed by atoms with Crippen molar-refractivity contribution in [1.82, 2.24) is 5.32 Å². The minimum Gasteiger partial charge on any atom is -0.479 e. The summed E-state index contributed by atoms with van der Waals surface area (Å²) >= 11 is 5.36. The molecule has 0 aromatic heterocycles. The molecule has 0 saturated carbocycles. The molecule has 0 heterocycles. The Bertz CT molecular complexity index is 293. The van der Waals surface area contributed by atoms with E-state index in [4.69, 9.17) is 21.8 Å². The van der Waals surface area contributed by atoms with Gasteiger partial charge in [0.2, 0.25) is 11.4 Å². The van der Waals surface area contributed by atoms with Crippen molar-refractivity contribution < 1.29 is 24.6 Å². The molecule has 3 N–H and O–H groups in total. The highest BCUT2D eigenvalue weighted by molar-refractivity contribution is 6.30. The Morgan fingerprint density at radius 2 is 1.73 bits per heavy atom. The van der Waals surface area contributed by atoms with Crippen LogP contribution in [0.5, 0.6) is 0 Å². The van der Waals surface area contributed by atoms with Crippen LogP contribution in [0.2, 0.25) is 0 Å². The average molecular weight is 236 g/mol. The van der Waals surface area contributed by atoms with Gasteiger partial charge in [0.05, 0.1) is 0 Å². The number of rotatable bonds is 5. The number of amides is 1. The maximum atomic E-state index is 10.8. The molecular weight excluding hydrogens is 226 g/mol. The molecule has 0 aromatic rings. The lowest BCUT2D eigenvalue weighted by Gasteiger charge is -2.24. The molecule has 0 bridgehead atoms. The molecule has 84 valence electrons. The lowest BCUT2D eigenvalue weighted by atomic mass is 9.95. The number of aliphatic carboxylic acids is 2. The summed E-state index contributed by atoms with van der Waals surface area (Å²) in [5.74, 6) is -4.18. The van der Waals surface area contributed by atoms with Gasteiger partial charge in [-0.05, 0) is 0 Å². The fraction of sp³-hybridized carbons (Fsp3) is 0.375. The van der Waals surface area contributed by atoms with Crippen LogP contribution in [-0.2, 0) is 14.4 Å². The Morgan fingerprint density at radius 1 is 1.33 bits per heavy atom. The van der Waals surface area contributed by atoms with Gasteiger partial charge >= 0.3 is 11.9 Å². The zero-order valence-corrected chi connectivity index (χ0v) is 8.67. The van der Waals surface area contributed by atoms with Gasteiger partial charge in [-0.1, -0.05) is 18.2 Å². The summed E-state index contributed by atoms with van der Waals surface area (Å²) in [5, 5.41) is 19.3. The van der Waals surface area contributed by atoms with E-state index in [1.54, 1.807) is 0 Å². The first-order valence-corrected chi connectivity index (χ1v) is 4.19. The molecule has 0 aliphatic heterocycles. The molecule has 0 saturated heterocycles. The van der Waals surface area contributed by atoms with Gasteiger partial charge in [-0.3, -0.25) is 4.79 Å². The quantitative estimate of drug-likeness (QED) is 0.590. The molecular formula is C8H10ClNO5. The van der Waals surface area contributed by atoms with Crippen molar-refractivity contribution in [2.45, 2.75) is 18.9 Å². The Kier molecular flexibility index (Phi) is 4.29. The van der Waals surface area contributed by atoms with Crippen molar-refractivity contribution in [2.75, 3.05) is 0 Å². The number of carboxylic acids is 2. The largest absolute Gasteiger partial charge is 0.479 e. The molecule has 0 aliphatic rings. The van der Waals surface area contributed by atoms with E-state index < -0.39 is 29.8 Å². The average Bonchev–Trinajstić information content (AvgIpc) is 1.99. The molecule has 6 nitrogen and oxygen atoms in total. The van der Waals surface area contributed by atoms with Crippen LogP contribution in [0.15, 0.2) is 11.6 Å². The van der Waals surface area contributed by atoms with E-state index in [0.29, 0.717) is 0 Å². The van der Waals surface area contributed by atoms with Crippen molar-refractivity contribution in [1.29, 1.82) is 0 Å². The molecule has 0 unspecified atom stereocenters. The predicted molar refractivity (Wildman–Crippen MR) is 51.4 cm³/mol. The zero-order chi connectivity index (χ0) is 12.2. The van der Waals surface area contributed by atoms with E-state index in [1.807, 2.05) is 5.32 Å². The number of hydrogen-bond acceptors (Lipinski definition) is 3. The fourth-order valence-corrected chi connectivity index (χ4v) is 1.18. The number of nitrogens with one attached hydrogen (secondary N) is 1. The van der Waals surface area contributed by atoms with E-state index in [9.17, 15) is 14.4 Å². The van der Waals surface area contributed by atoms with Gasteiger partial charge in [0.25, 0.3) is 0 Å². The smallest absolute Gasteiger partial charge is 0.341 e. The van der Waals surface area contributed by atoms with Crippen LogP contribution >= 0.6 is 11.6 Å². The van der Waals surface area contributed by atoms with Crippen molar-refractivity contribution in [2.24, 2.45) is 0 Å². The predicted octanol–water partition coefficient (Wildman–Crippen LogP) is 0.173. The summed E-state index contributed by atoms with van der Waals surface area (Å²) in [6.45, 7) is 4.21. The number of carbonyl (C=O) groups excluding carboxylic acids is 1. The van der Waals surface area contributed by atoms with Crippen LogP contribution < -0.4 is 5.32 Å². The normalized spacial score (nSPS) is 10.5. The molecule has 7 heteroatoms. The monoisotopic (exact) mass is 235 g/mol. The molecule has 0 aliphatic carbocycles. The molecule has 0 aromatic carbocycles. The fourth-order valence-electron chi connectivity index (χ4n) is 0.982. The first kappa shape index (κ1) is 13.4. The first-order chi connectivity index (χ1) is 6.72. The second kappa shape index (κ2) is 4.79. The first-order valence-electron chi connectivity index (χ1n) is 3.81. The molecule has 0 spiro atoms. The number of halogens is 1. The van der Waals surface area contributed by atoms with Crippen molar-refractivity contribution in [3.05, 3.63) is 11.6 Å². The minimum absolute atomic E-state index is 0.173. The standard InChI is InChI=1S/C8H10ClNO5/c1-4(9)3-8(6(12)13,7(14)15)10-5(2)11/h1,3H2,2H3,(H,10,11)(H,12,13)(H,14,15). The minimum atomic E-state index is -2.45. The second-order valence-corrected chi connectivity index (χ2v) is 3.43. The molecule has 1 amide bonds. The van der Waals surface area contributed by atoms with Gasteiger partial charge in [0.1, 0.15) is 0 Å². The molecule has 0 fully saturated rings. The van der Waals surface area contributed by atoms with E-state index in [0.717, 1.165) is 6.92 Å². The van der Waals surface area contributed by atoms with Crippen LogP contribution in [0.4, 0.5) is 0 Å². The van der Waals surface area contributed by atoms with E-state index >= 15 is 0 Å². The Balaban J connectivity index is 5.26. The Hall–Kier alpha value is -1.56. The summed E-state index contributed by atoms with van der Waals surface area (Å²) in [4.78, 5) is 32.4. The highest BCUT2D eigenvalue weighted by Gasteiger charge is 2.47. The van der Waals surface area contributed by atoms with Gasteiger partial charge in [-0.2, -0.15) is 0 Å².